The van der Waals surface area contributed by atoms with E-state index in [1.54, 1.807) is 6.92 Å². The molecule has 5 nitrogen and oxygen atoms in total. The third-order valence-electron chi connectivity index (χ3n) is 1.99. The van der Waals surface area contributed by atoms with Crippen molar-refractivity contribution in [1.29, 1.82) is 0 Å². The first-order valence-electron chi connectivity index (χ1n) is 5.35. The molecule has 2 N–H and O–H groups in total. The van der Waals surface area contributed by atoms with Gasteiger partial charge < -0.3 is 10.5 Å². The van der Waals surface area contributed by atoms with E-state index in [4.69, 9.17) is 10.5 Å². The van der Waals surface area contributed by atoms with E-state index in [-0.39, 0.29) is 17.1 Å². The fourth-order valence-corrected chi connectivity index (χ4v) is 2.01. The van der Waals surface area contributed by atoms with Crippen molar-refractivity contribution in [2.75, 3.05) is 12.3 Å². The maximum Gasteiger partial charge on any atom is 0.322 e. The van der Waals surface area contributed by atoms with Gasteiger partial charge in [0.1, 0.15) is 0 Å². The summed E-state index contributed by atoms with van der Waals surface area (Å²) in [5, 5.41) is 0.252. The summed E-state index contributed by atoms with van der Waals surface area (Å²) in [6.07, 6.45) is 0. The predicted octanol–water partition coefficient (Wildman–Crippen LogP) is 2.28. The van der Waals surface area contributed by atoms with Gasteiger partial charge in [-0.05, 0) is 36.9 Å². The van der Waals surface area contributed by atoms with Gasteiger partial charge in [0.2, 0.25) is 11.1 Å². The minimum Gasteiger partial charge on any atom is -0.464 e. The van der Waals surface area contributed by atoms with Crippen LogP contribution in [0.5, 0.6) is 6.01 Å². The molecule has 1 aromatic heterocycles. The first-order chi connectivity index (χ1) is 9.08. The minimum absolute atomic E-state index is 0.00327. The highest BCUT2D eigenvalue weighted by Crippen LogP contribution is 2.27. The van der Waals surface area contributed by atoms with Crippen LogP contribution < -0.4 is 10.5 Å². The summed E-state index contributed by atoms with van der Waals surface area (Å²) in [6.45, 7) is 2.17. The number of nitrogen functional groups attached to an aromatic ring is 1. The van der Waals surface area contributed by atoms with Crippen molar-refractivity contribution in [2.24, 2.45) is 0 Å². The van der Waals surface area contributed by atoms with E-state index >= 15 is 0 Å². The van der Waals surface area contributed by atoms with E-state index in [2.05, 4.69) is 15.0 Å². The molecule has 0 bridgehead atoms. The monoisotopic (exact) mass is 284 g/mol. The summed E-state index contributed by atoms with van der Waals surface area (Å²) in [5.41, 5.74) is 5.51. The third-order valence-corrected chi connectivity index (χ3v) is 2.84. The van der Waals surface area contributed by atoms with E-state index < -0.39 is 11.6 Å². The Hall–Kier alpha value is -1.96. The Labute approximate surface area is 112 Å². The lowest BCUT2D eigenvalue weighted by atomic mass is 10.3. The minimum atomic E-state index is -0.933. The van der Waals surface area contributed by atoms with Gasteiger partial charge in [-0.1, -0.05) is 0 Å². The Morgan fingerprint density at radius 2 is 2.00 bits per heavy atom. The molecule has 0 aliphatic carbocycles. The zero-order chi connectivity index (χ0) is 13.8. The fraction of sp³-hybridized carbons (Fsp3) is 0.182. The van der Waals surface area contributed by atoms with Gasteiger partial charge in [0.25, 0.3) is 0 Å². The van der Waals surface area contributed by atoms with Gasteiger partial charge in [0, 0.05) is 4.90 Å². The van der Waals surface area contributed by atoms with Crippen LogP contribution in [0, 0.1) is 11.6 Å². The van der Waals surface area contributed by atoms with Crippen LogP contribution in [0.4, 0.5) is 14.7 Å². The van der Waals surface area contributed by atoms with Crippen LogP contribution in [0.15, 0.2) is 28.3 Å². The number of nitrogens with two attached hydrogens (primary N) is 1. The number of hydrogen-bond acceptors (Lipinski definition) is 6. The molecule has 0 unspecified atom stereocenters. The van der Waals surface area contributed by atoms with Crippen LogP contribution in [-0.2, 0) is 0 Å². The average molecular weight is 284 g/mol. The smallest absolute Gasteiger partial charge is 0.322 e. The van der Waals surface area contributed by atoms with Crippen molar-refractivity contribution < 1.29 is 13.5 Å². The Morgan fingerprint density at radius 3 is 2.68 bits per heavy atom. The van der Waals surface area contributed by atoms with Crippen molar-refractivity contribution in [1.82, 2.24) is 15.0 Å². The molecule has 19 heavy (non-hydrogen) atoms. The molecule has 0 atom stereocenters. The first-order valence-corrected chi connectivity index (χ1v) is 6.17. The van der Waals surface area contributed by atoms with Gasteiger partial charge in [0.05, 0.1) is 6.61 Å². The van der Waals surface area contributed by atoms with Crippen molar-refractivity contribution in [3.8, 4) is 6.01 Å². The summed E-state index contributed by atoms with van der Waals surface area (Å²) in [5.74, 6) is -1.84. The Kier molecular flexibility index (Phi) is 4.10. The van der Waals surface area contributed by atoms with E-state index in [0.29, 0.717) is 11.5 Å². The lowest BCUT2D eigenvalue weighted by Gasteiger charge is -2.04. The Balaban J connectivity index is 2.24. The second-order valence-electron chi connectivity index (χ2n) is 3.37. The van der Waals surface area contributed by atoms with Crippen molar-refractivity contribution in [3.63, 3.8) is 0 Å². The van der Waals surface area contributed by atoms with E-state index in [1.807, 2.05) is 0 Å². The molecule has 0 amide bonds. The Bertz CT molecular complexity index is 597. The van der Waals surface area contributed by atoms with Gasteiger partial charge in [-0.15, -0.1) is 0 Å². The highest BCUT2D eigenvalue weighted by Gasteiger charge is 2.09. The van der Waals surface area contributed by atoms with Crippen LogP contribution in [0.3, 0.4) is 0 Å². The van der Waals surface area contributed by atoms with E-state index in [0.717, 1.165) is 23.9 Å². The average Bonchev–Trinajstić information content (AvgIpc) is 2.33. The largest absolute Gasteiger partial charge is 0.464 e. The molecule has 8 heteroatoms. The van der Waals surface area contributed by atoms with Gasteiger partial charge >= 0.3 is 6.01 Å². The SMILES string of the molecule is CCOc1nc(N)nc(Sc2ccc(F)c(F)c2)n1. The van der Waals surface area contributed by atoms with Gasteiger partial charge in [-0.2, -0.15) is 15.0 Å². The standard InChI is InChI=1S/C11H10F2N4OS/c1-2-18-10-15-9(14)16-11(17-10)19-6-3-4-7(12)8(13)5-6/h3-5H,2H2,1H3,(H2,14,15,16,17). The summed E-state index contributed by atoms with van der Waals surface area (Å²) < 4.78 is 31.0. The molecule has 0 spiro atoms. The molecule has 0 aliphatic heterocycles. The molecule has 0 fully saturated rings. The second kappa shape index (κ2) is 5.79. The van der Waals surface area contributed by atoms with Crippen LogP contribution in [0.1, 0.15) is 6.92 Å². The molecule has 2 aromatic rings. The highest BCUT2D eigenvalue weighted by atomic mass is 32.2. The van der Waals surface area contributed by atoms with Crippen LogP contribution >= 0.6 is 11.8 Å². The number of rotatable bonds is 4. The molecule has 100 valence electrons. The normalized spacial score (nSPS) is 10.5. The molecule has 1 aromatic carbocycles. The number of ether oxygens (including phenoxy) is 1. The summed E-state index contributed by atoms with van der Waals surface area (Å²) in [4.78, 5) is 12.1. The van der Waals surface area contributed by atoms with Gasteiger partial charge in [-0.3, -0.25) is 0 Å². The number of benzene rings is 1. The summed E-state index contributed by atoms with van der Waals surface area (Å²) >= 11 is 1.04. The molecule has 0 saturated carbocycles. The predicted molar refractivity (Wildman–Crippen MR) is 65.9 cm³/mol. The van der Waals surface area contributed by atoms with E-state index in [1.165, 1.54) is 6.07 Å². The van der Waals surface area contributed by atoms with Gasteiger partial charge in [-0.25, -0.2) is 8.78 Å². The number of hydrogen-bond donors (Lipinski definition) is 1. The molecule has 0 saturated heterocycles. The number of anilines is 1. The van der Waals surface area contributed by atoms with Crippen molar-refractivity contribution in [2.45, 2.75) is 17.0 Å². The quantitative estimate of drug-likeness (QED) is 0.928. The topological polar surface area (TPSA) is 73.9 Å². The highest BCUT2D eigenvalue weighted by molar-refractivity contribution is 7.99. The zero-order valence-corrected chi connectivity index (χ0v) is 10.7. The lowest BCUT2D eigenvalue weighted by molar-refractivity contribution is 0.308. The molecule has 0 radical (unpaired) electrons. The van der Waals surface area contributed by atoms with Crippen LogP contribution in [0.25, 0.3) is 0 Å². The first kappa shape index (κ1) is 13.5. The summed E-state index contributed by atoms with van der Waals surface area (Å²) in [6, 6.07) is 3.61. The number of halogens is 2. The molecular weight excluding hydrogens is 274 g/mol. The van der Waals surface area contributed by atoms with Crippen LogP contribution in [-0.4, -0.2) is 21.6 Å². The molecule has 2 rings (SSSR count). The van der Waals surface area contributed by atoms with Crippen molar-refractivity contribution >= 4 is 17.7 Å². The molecule has 1 heterocycles. The zero-order valence-electron chi connectivity index (χ0n) is 9.93. The van der Waals surface area contributed by atoms with Gasteiger partial charge in [0.15, 0.2) is 11.6 Å². The van der Waals surface area contributed by atoms with Crippen molar-refractivity contribution in [3.05, 3.63) is 29.8 Å². The van der Waals surface area contributed by atoms with Crippen LogP contribution in [0.2, 0.25) is 0 Å². The number of nitrogens with zero attached hydrogens (tertiary/aromatic N) is 3. The fourth-order valence-electron chi connectivity index (χ4n) is 1.24. The Morgan fingerprint density at radius 1 is 1.21 bits per heavy atom. The second-order valence-corrected chi connectivity index (χ2v) is 4.41. The number of aromatic nitrogens is 3. The molecular formula is C11H10F2N4OS. The lowest BCUT2D eigenvalue weighted by Crippen LogP contribution is -2.04. The molecule has 0 aliphatic rings. The van der Waals surface area contributed by atoms with E-state index in [9.17, 15) is 8.78 Å². The summed E-state index contributed by atoms with van der Waals surface area (Å²) in [7, 11) is 0. The maximum absolute atomic E-state index is 13.1. The maximum atomic E-state index is 13.1. The third kappa shape index (κ3) is 3.50.